The van der Waals surface area contributed by atoms with E-state index in [2.05, 4.69) is 10.1 Å². The van der Waals surface area contributed by atoms with Gasteiger partial charge < -0.3 is 9.88 Å². The van der Waals surface area contributed by atoms with Crippen molar-refractivity contribution in [2.45, 2.75) is 25.1 Å². The number of hydrogen-bond acceptors (Lipinski definition) is 3. The number of likely N-dealkylation sites (tertiary alicyclic amines) is 1. The average Bonchev–Trinajstić information content (AvgIpc) is 3.40. The van der Waals surface area contributed by atoms with Crippen LogP contribution in [0.2, 0.25) is 0 Å². The summed E-state index contributed by atoms with van der Waals surface area (Å²) in [6, 6.07) is 12.0. The van der Waals surface area contributed by atoms with E-state index < -0.39 is 34.8 Å². The van der Waals surface area contributed by atoms with E-state index in [1.54, 1.807) is 10.6 Å². The molecule has 34 heavy (non-hydrogen) atoms. The quantitative estimate of drug-likeness (QED) is 0.455. The second kappa shape index (κ2) is 8.15. The smallest absolute Gasteiger partial charge is 0.338 e. The van der Waals surface area contributed by atoms with Crippen LogP contribution in [-0.2, 0) is 6.18 Å². The number of aromatic amines is 1. The molecule has 0 radical (unpaired) electrons. The van der Waals surface area contributed by atoms with E-state index in [1.165, 1.54) is 17.0 Å². The third-order valence-electron chi connectivity index (χ3n) is 6.09. The molecule has 0 atom stereocenters. The predicted molar refractivity (Wildman–Crippen MR) is 115 cm³/mol. The molecule has 1 aliphatic rings. The van der Waals surface area contributed by atoms with Crippen molar-refractivity contribution in [1.29, 1.82) is 0 Å². The fourth-order valence-corrected chi connectivity index (χ4v) is 4.52. The Balaban J connectivity index is 1.42. The Morgan fingerprint density at radius 1 is 1.03 bits per heavy atom. The number of H-pyrrole nitrogens is 1. The van der Waals surface area contributed by atoms with Crippen LogP contribution in [0, 0.1) is 5.82 Å². The molecule has 1 N–H and O–H groups in total. The number of benzene rings is 2. The third kappa shape index (κ3) is 3.66. The topological polar surface area (TPSA) is 75.9 Å². The number of carbonyl (C=O) groups is 1. The standard InChI is InChI=1S/C23H19F4N5O2/c24-16-5-1-3-7-18(16)32-20(23(25,26)27)15(13-28-32)21(33)30-11-9-14(10-12-30)31-19-8-4-2-6-17(19)29-22(31)34/h1-8,13-14H,9-12H2,(H,29,34). The molecule has 2 aromatic carbocycles. The molecule has 1 amide bonds. The van der Waals surface area contributed by atoms with Gasteiger partial charge in [-0.25, -0.2) is 13.9 Å². The second-order valence-electron chi connectivity index (χ2n) is 8.11. The van der Waals surface area contributed by atoms with Crippen molar-refractivity contribution in [2.75, 3.05) is 13.1 Å². The summed E-state index contributed by atoms with van der Waals surface area (Å²) in [6.07, 6.45) is -3.31. The molecule has 0 spiro atoms. The van der Waals surface area contributed by atoms with Crippen LogP contribution in [0.3, 0.4) is 0 Å². The molecule has 0 bridgehead atoms. The van der Waals surface area contributed by atoms with Crippen molar-refractivity contribution in [3.8, 4) is 5.69 Å². The highest BCUT2D eigenvalue weighted by atomic mass is 19.4. The zero-order valence-corrected chi connectivity index (χ0v) is 17.7. The molecule has 4 aromatic rings. The SMILES string of the molecule is O=C(c1cnn(-c2ccccc2F)c1C(F)(F)F)N1CCC(n2c(=O)[nH]c3ccccc32)CC1. The summed E-state index contributed by atoms with van der Waals surface area (Å²) in [5.41, 5.74) is -1.19. The maximum absolute atomic E-state index is 14.2. The van der Waals surface area contributed by atoms with Gasteiger partial charge in [-0.15, -0.1) is 0 Å². The first-order valence-electron chi connectivity index (χ1n) is 10.6. The van der Waals surface area contributed by atoms with Gasteiger partial charge in [0.2, 0.25) is 0 Å². The van der Waals surface area contributed by atoms with Gasteiger partial charge >= 0.3 is 11.9 Å². The van der Waals surface area contributed by atoms with Gasteiger partial charge in [-0.1, -0.05) is 24.3 Å². The van der Waals surface area contributed by atoms with Crippen molar-refractivity contribution >= 4 is 16.9 Å². The van der Waals surface area contributed by atoms with Crippen LogP contribution in [0.25, 0.3) is 16.7 Å². The van der Waals surface area contributed by atoms with Crippen molar-refractivity contribution in [1.82, 2.24) is 24.2 Å². The maximum atomic E-state index is 14.2. The molecule has 1 aliphatic heterocycles. The van der Waals surface area contributed by atoms with Crippen LogP contribution in [-0.4, -0.2) is 43.2 Å². The highest BCUT2D eigenvalue weighted by molar-refractivity contribution is 5.95. The molecular weight excluding hydrogens is 454 g/mol. The Labute approximate surface area is 190 Å². The number of alkyl halides is 3. The van der Waals surface area contributed by atoms with Crippen LogP contribution in [0.1, 0.15) is 34.9 Å². The number of rotatable bonds is 3. The molecule has 0 saturated carbocycles. The molecule has 1 saturated heterocycles. The number of imidazole rings is 1. The summed E-state index contributed by atoms with van der Waals surface area (Å²) >= 11 is 0. The first-order valence-corrected chi connectivity index (χ1v) is 10.6. The van der Waals surface area contributed by atoms with Crippen LogP contribution in [0.5, 0.6) is 0 Å². The Hall–Kier alpha value is -3.89. The zero-order chi connectivity index (χ0) is 24.0. The van der Waals surface area contributed by atoms with Crippen molar-refractivity contribution in [3.63, 3.8) is 0 Å². The number of nitrogens with zero attached hydrogens (tertiary/aromatic N) is 4. The second-order valence-corrected chi connectivity index (χ2v) is 8.11. The lowest BCUT2D eigenvalue weighted by atomic mass is 10.0. The Kier molecular flexibility index (Phi) is 5.26. The molecule has 0 unspecified atom stereocenters. The first-order chi connectivity index (χ1) is 16.3. The van der Waals surface area contributed by atoms with Gasteiger partial charge in [-0.2, -0.15) is 18.3 Å². The highest BCUT2D eigenvalue weighted by Crippen LogP contribution is 2.35. The summed E-state index contributed by atoms with van der Waals surface area (Å²) in [5.74, 6) is -1.72. The minimum Gasteiger partial charge on any atom is -0.338 e. The molecule has 3 heterocycles. The molecular formula is C23H19F4N5O2. The maximum Gasteiger partial charge on any atom is 0.434 e. The number of piperidine rings is 1. The summed E-state index contributed by atoms with van der Waals surface area (Å²) in [5, 5.41) is 3.69. The largest absolute Gasteiger partial charge is 0.434 e. The first kappa shape index (κ1) is 21.9. The monoisotopic (exact) mass is 473 g/mol. The average molecular weight is 473 g/mol. The molecule has 0 aliphatic carbocycles. The number of aromatic nitrogens is 4. The van der Waals surface area contributed by atoms with E-state index in [-0.39, 0.29) is 24.8 Å². The minimum atomic E-state index is -4.93. The predicted octanol–water partition coefficient (Wildman–Crippen LogP) is 4.15. The number of carbonyl (C=O) groups excluding carboxylic acids is 1. The van der Waals surface area contributed by atoms with E-state index >= 15 is 0 Å². The van der Waals surface area contributed by atoms with Gasteiger partial charge in [-0.3, -0.25) is 9.36 Å². The summed E-state index contributed by atoms with van der Waals surface area (Å²) in [4.78, 5) is 29.6. The minimum absolute atomic E-state index is 0.164. The van der Waals surface area contributed by atoms with Crippen LogP contribution < -0.4 is 5.69 Å². The van der Waals surface area contributed by atoms with E-state index in [4.69, 9.17) is 0 Å². The van der Waals surface area contributed by atoms with E-state index in [9.17, 15) is 27.2 Å². The lowest BCUT2D eigenvalue weighted by molar-refractivity contribution is -0.143. The lowest BCUT2D eigenvalue weighted by Crippen LogP contribution is -2.41. The highest BCUT2D eigenvalue weighted by Gasteiger charge is 2.42. The molecule has 11 heteroatoms. The Morgan fingerprint density at radius 3 is 2.41 bits per heavy atom. The number of amides is 1. The normalized spacial score (nSPS) is 15.2. The van der Waals surface area contributed by atoms with E-state index in [0.29, 0.717) is 23.0 Å². The molecule has 2 aromatic heterocycles. The molecule has 1 fully saturated rings. The molecule has 7 nitrogen and oxygen atoms in total. The Morgan fingerprint density at radius 2 is 1.71 bits per heavy atom. The molecule has 176 valence electrons. The van der Waals surface area contributed by atoms with Crippen molar-refractivity contribution < 1.29 is 22.4 Å². The number of hydrogen-bond donors (Lipinski definition) is 1. The number of nitrogens with one attached hydrogen (secondary N) is 1. The van der Waals surface area contributed by atoms with Crippen molar-refractivity contribution in [3.05, 3.63) is 82.3 Å². The number of halogens is 4. The zero-order valence-electron chi connectivity index (χ0n) is 17.7. The van der Waals surface area contributed by atoms with Crippen LogP contribution >= 0.6 is 0 Å². The summed E-state index contributed by atoms with van der Waals surface area (Å²) in [6.45, 7) is 0.329. The van der Waals surface area contributed by atoms with Gasteiger partial charge in [0.25, 0.3) is 5.91 Å². The summed E-state index contributed by atoms with van der Waals surface area (Å²) < 4.78 is 58.0. The van der Waals surface area contributed by atoms with Crippen molar-refractivity contribution in [2.24, 2.45) is 0 Å². The molecule has 5 rings (SSSR count). The van der Waals surface area contributed by atoms with Gasteiger partial charge in [0.05, 0.1) is 22.8 Å². The lowest BCUT2D eigenvalue weighted by Gasteiger charge is -2.32. The fourth-order valence-electron chi connectivity index (χ4n) is 4.52. The van der Waals surface area contributed by atoms with Gasteiger partial charge in [0.1, 0.15) is 11.5 Å². The van der Waals surface area contributed by atoms with Gasteiger partial charge in [0, 0.05) is 19.1 Å². The summed E-state index contributed by atoms with van der Waals surface area (Å²) in [7, 11) is 0. The van der Waals surface area contributed by atoms with E-state index in [1.807, 2.05) is 18.2 Å². The fraction of sp³-hybridized carbons (Fsp3) is 0.261. The van der Waals surface area contributed by atoms with Gasteiger partial charge in [0.15, 0.2) is 5.69 Å². The van der Waals surface area contributed by atoms with Crippen LogP contribution in [0.15, 0.2) is 59.5 Å². The number of para-hydroxylation sites is 3. The van der Waals surface area contributed by atoms with Gasteiger partial charge in [-0.05, 0) is 37.1 Å². The third-order valence-corrected chi connectivity index (χ3v) is 6.09. The number of fused-ring (bicyclic) bond motifs is 1. The Bertz CT molecular complexity index is 1430. The van der Waals surface area contributed by atoms with Crippen LogP contribution in [0.4, 0.5) is 17.6 Å². The van der Waals surface area contributed by atoms with E-state index in [0.717, 1.165) is 23.8 Å².